The van der Waals surface area contributed by atoms with Gasteiger partial charge in [-0.2, -0.15) is 11.3 Å². The fourth-order valence-electron chi connectivity index (χ4n) is 4.01. The first kappa shape index (κ1) is 16.8. The minimum atomic E-state index is -0.463. The monoisotopic (exact) mass is 356 g/mol. The maximum absolute atomic E-state index is 12.6. The second kappa shape index (κ2) is 6.56. The van der Waals surface area contributed by atoms with Crippen molar-refractivity contribution in [3.05, 3.63) is 57.8 Å². The first-order valence-electron chi connectivity index (χ1n) is 8.81. The average Bonchev–Trinajstić information content (AvgIpc) is 3.24. The molecule has 2 aliphatic heterocycles. The Bertz CT molecular complexity index is 749. The van der Waals surface area contributed by atoms with Gasteiger partial charge in [0, 0.05) is 33.7 Å². The Morgan fingerprint density at radius 1 is 1.28 bits per heavy atom. The van der Waals surface area contributed by atoms with Gasteiger partial charge in [0.25, 0.3) is 5.91 Å². The van der Waals surface area contributed by atoms with Gasteiger partial charge in [0.15, 0.2) is 6.10 Å². The molecule has 25 heavy (non-hydrogen) atoms. The Hall–Kier alpha value is -1.69. The zero-order valence-electron chi connectivity index (χ0n) is 14.8. The molecule has 2 aromatic rings. The van der Waals surface area contributed by atoms with Gasteiger partial charge in [-0.05, 0) is 46.4 Å². The number of ether oxygens (including phenoxy) is 1. The Morgan fingerprint density at radius 2 is 2.04 bits per heavy atom. The molecule has 1 fully saturated rings. The molecule has 5 heteroatoms. The number of nitrogens with zero attached hydrogens (tertiary/aromatic N) is 2. The van der Waals surface area contributed by atoms with Crippen LogP contribution in [0.3, 0.4) is 0 Å². The smallest absolute Gasteiger partial charge is 0.255 e. The largest absolute Gasteiger partial charge is 0.352 e. The fraction of sp³-hybridized carbons (Fsp3) is 0.450. The molecule has 1 spiro atoms. The molecule has 1 aromatic heterocycles. The van der Waals surface area contributed by atoms with Crippen molar-refractivity contribution in [1.29, 1.82) is 0 Å². The number of thiophene rings is 1. The molecular weight excluding hydrogens is 332 g/mol. The summed E-state index contributed by atoms with van der Waals surface area (Å²) in [7, 11) is 3.59. The number of hydrogen-bond acceptors (Lipinski definition) is 4. The molecule has 0 aliphatic carbocycles. The number of carbonyl (C=O) groups excluding carboxylic acids is 1. The molecule has 2 aliphatic rings. The second-order valence-corrected chi connectivity index (χ2v) is 8.00. The van der Waals surface area contributed by atoms with Crippen molar-refractivity contribution in [3.63, 3.8) is 0 Å². The van der Waals surface area contributed by atoms with Crippen molar-refractivity contribution in [3.8, 4) is 0 Å². The third-order valence-electron chi connectivity index (χ3n) is 5.39. The molecule has 0 saturated carbocycles. The van der Waals surface area contributed by atoms with E-state index in [1.165, 1.54) is 11.1 Å². The topological polar surface area (TPSA) is 32.8 Å². The van der Waals surface area contributed by atoms with Gasteiger partial charge in [0.1, 0.15) is 0 Å². The average molecular weight is 356 g/mol. The molecule has 1 saturated heterocycles. The molecular formula is C20H24N2O2S. The van der Waals surface area contributed by atoms with Crippen LogP contribution in [0.1, 0.15) is 35.6 Å². The van der Waals surface area contributed by atoms with E-state index in [0.29, 0.717) is 0 Å². The van der Waals surface area contributed by atoms with E-state index in [1.807, 2.05) is 12.1 Å². The number of fused-ring (bicyclic) bond motifs is 2. The van der Waals surface area contributed by atoms with Gasteiger partial charge in [-0.25, -0.2) is 0 Å². The number of hydrogen-bond donors (Lipinski definition) is 0. The zero-order chi connectivity index (χ0) is 17.4. The van der Waals surface area contributed by atoms with Crippen LogP contribution < -0.4 is 0 Å². The number of rotatable bonds is 3. The molecule has 0 unspecified atom stereocenters. The molecule has 1 atom stereocenters. The Balaban J connectivity index is 1.54. The number of likely N-dealkylation sites (N-methyl/N-ethyl adjacent to an activating group) is 1. The third-order valence-corrected chi connectivity index (χ3v) is 6.12. The summed E-state index contributed by atoms with van der Waals surface area (Å²) < 4.78 is 6.45. The van der Waals surface area contributed by atoms with Crippen LogP contribution in [0.25, 0.3) is 0 Å². The molecule has 4 rings (SSSR count). The third kappa shape index (κ3) is 3.01. The Kier molecular flexibility index (Phi) is 4.40. The van der Waals surface area contributed by atoms with Gasteiger partial charge >= 0.3 is 0 Å². The van der Waals surface area contributed by atoms with E-state index in [-0.39, 0.29) is 11.5 Å². The van der Waals surface area contributed by atoms with Crippen molar-refractivity contribution in [1.82, 2.24) is 9.80 Å². The molecule has 132 valence electrons. The highest BCUT2D eigenvalue weighted by atomic mass is 32.1. The highest BCUT2D eigenvalue weighted by Gasteiger charge is 2.48. The van der Waals surface area contributed by atoms with E-state index >= 15 is 0 Å². The van der Waals surface area contributed by atoms with Crippen LogP contribution in [-0.2, 0) is 21.7 Å². The molecule has 1 amide bonds. The van der Waals surface area contributed by atoms with E-state index in [2.05, 4.69) is 33.9 Å². The summed E-state index contributed by atoms with van der Waals surface area (Å²) in [5, 5.41) is 4.35. The molecule has 0 radical (unpaired) electrons. The predicted molar refractivity (Wildman–Crippen MR) is 99.5 cm³/mol. The van der Waals surface area contributed by atoms with Crippen LogP contribution in [0.4, 0.5) is 0 Å². The first-order chi connectivity index (χ1) is 12.1. The summed E-state index contributed by atoms with van der Waals surface area (Å²) in [5.41, 5.74) is 3.34. The summed E-state index contributed by atoms with van der Waals surface area (Å²) >= 11 is 1.75. The lowest BCUT2D eigenvalue weighted by atomic mass is 9.83. The van der Waals surface area contributed by atoms with Gasteiger partial charge in [0.05, 0.1) is 5.60 Å². The van der Waals surface area contributed by atoms with Gasteiger partial charge in [0.2, 0.25) is 0 Å². The van der Waals surface area contributed by atoms with Crippen LogP contribution in [0.2, 0.25) is 0 Å². The first-order valence-corrected chi connectivity index (χ1v) is 9.75. The summed E-state index contributed by atoms with van der Waals surface area (Å²) in [4.78, 5) is 16.7. The lowest BCUT2D eigenvalue weighted by Crippen LogP contribution is -2.42. The van der Waals surface area contributed by atoms with Crippen LogP contribution in [0, 0.1) is 0 Å². The zero-order valence-corrected chi connectivity index (χ0v) is 15.6. The minimum Gasteiger partial charge on any atom is -0.352 e. The van der Waals surface area contributed by atoms with Gasteiger partial charge < -0.3 is 9.64 Å². The maximum atomic E-state index is 12.6. The Labute approximate surface area is 153 Å². The van der Waals surface area contributed by atoms with Gasteiger partial charge in [-0.1, -0.05) is 24.3 Å². The predicted octanol–water partition coefficient (Wildman–Crippen LogP) is 3.40. The van der Waals surface area contributed by atoms with E-state index in [4.69, 9.17) is 4.74 Å². The molecule has 1 aromatic carbocycles. The normalized spacial score (nSPS) is 22.1. The summed E-state index contributed by atoms with van der Waals surface area (Å²) in [6.07, 6.45) is 1.41. The minimum absolute atomic E-state index is 0.0324. The van der Waals surface area contributed by atoms with E-state index in [0.717, 1.165) is 38.0 Å². The second-order valence-electron chi connectivity index (χ2n) is 7.22. The lowest BCUT2D eigenvalue weighted by molar-refractivity contribution is -0.158. The summed E-state index contributed by atoms with van der Waals surface area (Å²) in [6.45, 7) is 2.99. The van der Waals surface area contributed by atoms with Crippen molar-refractivity contribution in [2.75, 3.05) is 27.2 Å². The number of benzene rings is 1. The van der Waals surface area contributed by atoms with Crippen molar-refractivity contribution in [2.45, 2.75) is 31.1 Å². The SMILES string of the molecule is CN(C)C(=O)[C@H]1OC2(CCN(Cc3ccsc3)CC2)c2ccccc21. The van der Waals surface area contributed by atoms with Crippen molar-refractivity contribution in [2.24, 2.45) is 0 Å². The quantitative estimate of drug-likeness (QED) is 0.845. The summed E-state index contributed by atoms with van der Waals surface area (Å²) in [5.74, 6) is 0.0324. The van der Waals surface area contributed by atoms with Crippen LogP contribution in [0.5, 0.6) is 0 Å². The number of likely N-dealkylation sites (tertiary alicyclic amines) is 1. The molecule has 4 nitrogen and oxygen atoms in total. The van der Waals surface area contributed by atoms with Crippen LogP contribution in [0.15, 0.2) is 41.1 Å². The summed E-state index contributed by atoms with van der Waals surface area (Å²) in [6, 6.07) is 10.5. The maximum Gasteiger partial charge on any atom is 0.255 e. The fourth-order valence-corrected chi connectivity index (χ4v) is 4.67. The molecule has 0 N–H and O–H groups in total. The Morgan fingerprint density at radius 3 is 2.72 bits per heavy atom. The highest BCUT2D eigenvalue weighted by molar-refractivity contribution is 7.07. The van der Waals surface area contributed by atoms with Crippen LogP contribution >= 0.6 is 11.3 Å². The highest BCUT2D eigenvalue weighted by Crippen LogP contribution is 2.49. The molecule has 3 heterocycles. The molecule has 0 bridgehead atoms. The van der Waals surface area contributed by atoms with Gasteiger partial charge in [-0.15, -0.1) is 0 Å². The van der Waals surface area contributed by atoms with E-state index in [9.17, 15) is 4.79 Å². The van der Waals surface area contributed by atoms with Crippen molar-refractivity contribution >= 4 is 17.2 Å². The number of amides is 1. The van der Waals surface area contributed by atoms with E-state index < -0.39 is 6.10 Å². The van der Waals surface area contributed by atoms with Gasteiger partial charge in [-0.3, -0.25) is 9.69 Å². The van der Waals surface area contributed by atoms with Crippen LogP contribution in [-0.4, -0.2) is 42.9 Å². The number of carbonyl (C=O) groups is 1. The van der Waals surface area contributed by atoms with E-state index in [1.54, 1.807) is 30.3 Å². The standard InChI is InChI=1S/C20H24N2O2S/c1-21(2)19(23)18-16-5-3-4-6-17(16)20(24-18)8-10-22(11-9-20)13-15-7-12-25-14-15/h3-7,12,14,18H,8-11,13H2,1-2H3/t18-/m0/s1. The lowest BCUT2D eigenvalue weighted by Gasteiger charge is -2.39. The number of piperidine rings is 1. The van der Waals surface area contributed by atoms with Crippen molar-refractivity contribution < 1.29 is 9.53 Å².